The zero-order chi connectivity index (χ0) is 16.1. The van der Waals surface area contributed by atoms with Crippen molar-refractivity contribution < 1.29 is 9.13 Å². The first kappa shape index (κ1) is 15.2. The molecule has 0 aliphatic rings. The molecule has 5 nitrogen and oxygen atoms in total. The van der Waals surface area contributed by atoms with Crippen molar-refractivity contribution in [2.24, 2.45) is 5.73 Å². The van der Waals surface area contributed by atoms with Crippen molar-refractivity contribution in [1.82, 2.24) is 15.0 Å². The Morgan fingerprint density at radius 3 is 2.48 bits per heavy atom. The number of rotatable bonds is 6. The van der Waals surface area contributed by atoms with E-state index in [2.05, 4.69) is 10.3 Å². The summed E-state index contributed by atoms with van der Waals surface area (Å²) in [6.07, 6.45) is 0.603. The zero-order valence-corrected chi connectivity index (χ0v) is 12.5. The molecule has 3 rings (SSSR count). The van der Waals surface area contributed by atoms with E-state index in [1.807, 2.05) is 30.3 Å². The quantitative estimate of drug-likeness (QED) is 0.759. The van der Waals surface area contributed by atoms with Crippen molar-refractivity contribution in [3.63, 3.8) is 0 Å². The number of hydrogen-bond acceptors (Lipinski definition) is 4. The molecular formula is C17H17FN4O. The van der Waals surface area contributed by atoms with Crippen molar-refractivity contribution in [2.45, 2.75) is 13.0 Å². The molecule has 0 aliphatic carbocycles. The van der Waals surface area contributed by atoms with Gasteiger partial charge in [0.2, 0.25) is 0 Å². The molecule has 6 heteroatoms. The number of ether oxygens (including phenoxy) is 1. The molecule has 23 heavy (non-hydrogen) atoms. The van der Waals surface area contributed by atoms with E-state index in [-0.39, 0.29) is 5.82 Å². The first-order valence-electron chi connectivity index (χ1n) is 7.35. The molecule has 0 radical (unpaired) electrons. The highest BCUT2D eigenvalue weighted by molar-refractivity contribution is 5.34. The highest BCUT2D eigenvalue weighted by atomic mass is 19.1. The van der Waals surface area contributed by atoms with Crippen LogP contribution in [-0.2, 0) is 13.0 Å². The highest BCUT2D eigenvalue weighted by Gasteiger charge is 2.13. The standard InChI is InChI=1S/C17H17FN4O/c18-13-6-8-14(9-7-13)22-17(16(12-19)20-21-22)10-11-23-15-4-2-1-3-5-15/h1-9H,10-12,19H2. The van der Waals surface area contributed by atoms with Gasteiger partial charge >= 0.3 is 0 Å². The van der Waals surface area contributed by atoms with E-state index in [1.165, 1.54) is 12.1 Å². The van der Waals surface area contributed by atoms with E-state index in [9.17, 15) is 4.39 Å². The summed E-state index contributed by atoms with van der Waals surface area (Å²) in [6, 6.07) is 15.7. The number of aromatic nitrogens is 3. The van der Waals surface area contributed by atoms with Crippen molar-refractivity contribution in [3.05, 3.63) is 71.8 Å². The van der Waals surface area contributed by atoms with Crippen LogP contribution in [0.4, 0.5) is 4.39 Å². The molecule has 118 valence electrons. The van der Waals surface area contributed by atoms with Gasteiger partial charge in [0.15, 0.2) is 0 Å². The Morgan fingerprint density at radius 1 is 1.04 bits per heavy atom. The van der Waals surface area contributed by atoms with Crippen LogP contribution in [0.5, 0.6) is 5.75 Å². The minimum Gasteiger partial charge on any atom is -0.493 e. The lowest BCUT2D eigenvalue weighted by Crippen LogP contribution is -2.11. The van der Waals surface area contributed by atoms with Gasteiger partial charge in [-0.05, 0) is 36.4 Å². The molecule has 0 aliphatic heterocycles. The van der Waals surface area contributed by atoms with Crippen LogP contribution in [0.1, 0.15) is 11.4 Å². The zero-order valence-electron chi connectivity index (χ0n) is 12.5. The number of nitrogens with zero attached hydrogens (tertiary/aromatic N) is 3. The smallest absolute Gasteiger partial charge is 0.123 e. The summed E-state index contributed by atoms with van der Waals surface area (Å²) < 4.78 is 20.5. The maximum Gasteiger partial charge on any atom is 0.123 e. The van der Waals surface area contributed by atoms with E-state index in [4.69, 9.17) is 10.5 Å². The fourth-order valence-electron chi connectivity index (χ4n) is 2.31. The van der Waals surface area contributed by atoms with Gasteiger partial charge in [0.1, 0.15) is 17.3 Å². The summed E-state index contributed by atoms with van der Waals surface area (Å²) in [5.41, 5.74) is 8.06. The first-order valence-corrected chi connectivity index (χ1v) is 7.35. The van der Waals surface area contributed by atoms with Crippen LogP contribution in [0.15, 0.2) is 54.6 Å². The number of halogens is 1. The minimum absolute atomic E-state index is 0.290. The van der Waals surface area contributed by atoms with Crippen LogP contribution in [0, 0.1) is 5.82 Å². The summed E-state index contributed by atoms with van der Waals surface area (Å²) in [4.78, 5) is 0. The Morgan fingerprint density at radius 2 is 1.78 bits per heavy atom. The Labute approximate surface area is 133 Å². The molecule has 3 aromatic rings. The molecule has 1 aromatic heterocycles. The molecule has 2 N–H and O–H groups in total. The molecule has 0 saturated carbocycles. The molecular weight excluding hydrogens is 295 g/mol. The average Bonchev–Trinajstić information content (AvgIpc) is 2.99. The third kappa shape index (κ3) is 3.54. The minimum atomic E-state index is -0.290. The van der Waals surface area contributed by atoms with Crippen molar-refractivity contribution in [2.75, 3.05) is 6.61 Å². The maximum absolute atomic E-state index is 13.1. The fourth-order valence-corrected chi connectivity index (χ4v) is 2.31. The number of para-hydroxylation sites is 1. The molecule has 0 saturated heterocycles. The van der Waals surface area contributed by atoms with Crippen molar-refractivity contribution in [1.29, 1.82) is 0 Å². The predicted octanol–water partition coefficient (Wildman–Crippen LogP) is 2.49. The third-order valence-corrected chi connectivity index (χ3v) is 3.46. The maximum atomic E-state index is 13.1. The van der Waals surface area contributed by atoms with Gasteiger partial charge in [-0.15, -0.1) is 5.10 Å². The number of nitrogens with two attached hydrogens (primary N) is 1. The van der Waals surface area contributed by atoms with Crippen LogP contribution in [-0.4, -0.2) is 21.6 Å². The van der Waals surface area contributed by atoms with Crippen LogP contribution in [0.2, 0.25) is 0 Å². The lowest BCUT2D eigenvalue weighted by atomic mass is 10.2. The molecule has 0 amide bonds. The lowest BCUT2D eigenvalue weighted by molar-refractivity contribution is 0.319. The van der Waals surface area contributed by atoms with Gasteiger partial charge in [0.05, 0.1) is 18.0 Å². The summed E-state index contributed by atoms with van der Waals surface area (Å²) in [5, 5.41) is 8.22. The van der Waals surface area contributed by atoms with E-state index >= 15 is 0 Å². The molecule has 0 atom stereocenters. The summed E-state index contributed by atoms with van der Waals surface area (Å²) >= 11 is 0. The van der Waals surface area contributed by atoms with Crippen molar-refractivity contribution >= 4 is 0 Å². The van der Waals surface area contributed by atoms with Gasteiger partial charge < -0.3 is 10.5 Å². The normalized spacial score (nSPS) is 10.7. The number of hydrogen-bond donors (Lipinski definition) is 1. The molecule has 0 bridgehead atoms. The van der Waals surface area contributed by atoms with Crippen LogP contribution < -0.4 is 10.5 Å². The van der Waals surface area contributed by atoms with Gasteiger partial charge in [0, 0.05) is 13.0 Å². The monoisotopic (exact) mass is 312 g/mol. The SMILES string of the molecule is NCc1nnn(-c2ccc(F)cc2)c1CCOc1ccccc1. The van der Waals surface area contributed by atoms with Crippen molar-refractivity contribution in [3.8, 4) is 11.4 Å². The topological polar surface area (TPSA) is 66.0 Å². The Kier molecular flexibility index (Phi) is 4.63. The summed E-state index contributed by atoms with van der Waals surface area (Å²) in [5.74, 6) is 0.518. The van der Waals surface area contributed by atoms with Crippen LogP contribution in [0.3, 0.4) is 0 Å². The van der Waals surface area contributed by atoms with Crippen LogP contribution in [0.25, 0.3) is 5.69 Å². The van der Waals surface area contributed by atoms with Gasteiger partial charge in [-0.25, -0.2) is 9.07 Å². The lowest BCUT2D eigenvalue weighted by Gasteiger charge is -2.09. The molecule has 0 fully saturated rings. The average molecular weight is 312 g/mol. The molecule has 1 heterocycles. The highest BCUT2D eigenvalue weighted by Crippen LogP contribution is 2.15. The van der Waals surface area contributed by atoms with E-state index in [0.29, 0.717) is 25.3 Å². The number of benzene rings is 2. The Balaban J connectivity index is 1.77. The summed E-state index contributed by atoms with van der Waals surface area (Å²) in [7, 11) is 0. The second-order valence-electron chi connectivity index (χ2n) is 4.99. The van der Waals surface area contributed by atoms with Crippen LogP contribution >= 0.6 is 0 Å². The van der Waals surface area contributed by atoms with E-state index in [1.54, 1.807) is 16.8 Å². The Bertz CT molecular complexity index is 756. The van der Waals surface area contributed by atoms with Gasteiger partial charge in [-0.1, -0.05) is 23.4 Å². The van der Waals surface area contributed by atoms with Gasteiger partial charge in [-0.2, -0.15) is 0 Å². The Hall–Kier alpha value is -2.73. The largest absolute Gasteiger partial charge is 0.493 e. The molecule has 2 aromatic carbocycles. The van der Waals surface area contributed by atoms with E-state index < -0.39 is 0 Å². The molecule has 0 spiro atoms. The predicted molar refractivity (Wildman–Crippen MR) is 84.8 cm³/mol. The van der Waals surface area contributed by atoms with Gasteiger partial charge in [-0.3, -0.25) is 0 Å². The summed E-state index contributed by atoms with van der Waals surface area (Å²) in [6.45, 7) is 0.771. The molecule has 0 unspecified atom stereocenters. The first-order chi connectivity index (χ1) is 11.3. The van der Waals surface area contributed by atoms with Gasteiger partial charge in [0.25, 0.3) is 0 Å². The fraction of sp³-hybridized carbons (Fsp3) is 0.176. The third-order valence-electron chi connectivity index (χ3n) is 3.46. The second kappa shape index (κ2) is 7.02. The van der Waals surface area contributed by atoms with E-state index in [0.717, 1.165) is 17.1 Å². The second-order valence-corrected chi connectivity index (χ2v) is 4.99.